The molecule has 0 saturated carbocycles. The zero-order chi connectivity index (χ0) is 18.2. The van der Waals surface area contributed by atoms with Gasteiger partial charge in [-0.05, 0) is 30.3 Å². The van der Waals surface area contributed by atoms with Crippen molar-refractivity contribution in [2.75, 3.05) is 18.5 Å². The van der Waals surface area contributed by atoms with Crippen LogP contribution in [0.5, 0.6) is 5.75 Å². The molecule has 0 atom stereocenters. The highest BCUT2D eigenvalue weighted by molar-refractivity contribution is 9.10. The lowest BCUT2D eigenvalue weighted by Crippen LogP contribution is -2.26. The number of hydrogen-bond acceptors (Lipinski definition) is 3. The van der Waals surface area contributed by atoms with Gasteiger partial charge in [-0.3, -0.25) is 9.59 Å². The van der Waals surface area contributed by atoms with Gasteiger partial charge < -0.3 is 15.4 Å². The maximum atomic E-state index is 12.1. The van der Waals surface area contributed by atoms with E-state index in [1.165, 1.54) is 0 Å². The van der Waals surface area contributed by atoms with Crippen molar-refractivity contribution in [3.63, 3.8) is 0 Å². The van der Waals surface area contributed by atoms with Crippen LogP contribution in [0.4, 0.5) is 5.69 Å². The standard InChI is InChI=1S/C18H16BrClN2O3/c1-2-9-21-18(24)13-5-3-4-6-15(13)22-17(23)11-25-16-8-7-12(19)10-14(16)20/h2-8,10H,1,9,11H2,(H,21,24)(H,22,23). The average molecular weight is 424 g/mol. The molecule has 0 unspecified atom stereocenters. The second kappa shape index (κ2) is 9.25. The van der Waals surface area contributed by atoms with E-state index in [0.29, 0.717) is 28.6 Å². The fraction of sp³-hybridized carbons (Fsp3) is 0.111. The third kappa shape index (κ3) is 5.62. The molecule has 2 rings (SSSR count). The molecule has 5 nitrogen and oxygen atoms in total. The van der Waals surface area contributed by atoms with Crippen molar-refractivity contribution in [3.8, 4) is 5.75 Å². The smallest absolute Gasteiger partial charge is 0.262 e. The van der Waals surface area contributed by atoms with E-state index in [-0.39, 0.29) is 12.5 Å². The van der Waals surface area contributed by atoms with E-state index >= 15 is 0 Å². The molecular weight excluding hydrogens is 408 g/mol. The number of hydrogen-bond donors (Lipinski definition) is 2. The Hall–Kier alpha value is -2.31. The third-order valence-corrected chi connectivity index (χ3v) is 3.89. The highest BCUT2D eigenvalue weighted by Gasteiger charge is 2.13. The van der Waals surface area contributed by atoms with Crippen LogP contribution in [0.1, 0.15) is 10.4 Å². The van der Waals surface area contributed by atoms with Gasteiger partial charge in [-0.2, -0.15) is 0 Å². The van der Waals surface area contributed by atoms with Gasteiger partial charge in [0, 0.05) is 11.0 Å². The third-order valence-electron chi connectivity index (χ3n) is 3.11. The minimum Gasteiger partial charge on any atom is -0.482 e. The van der Waals surface area contributed by atoms with Crippen LogP contribution >= 0.6 is 27.5 Å². The van der Waals surface area contributed by atoms with E-state index in [0.717, 1.165) is 4.47 Å². The minimum atomic E-state index is -0.400. The largest absolute Gasteiger partial charge is 0.482 e. The molecule has 130 valence electrons. The summed E-state index contributed by atoms with van der Waals surface area (Å²) in [4.78, 5) is 24.2. The van der Waals surface area contributed by atoms with E-state index in [4.69, 9.17) is 16.3 Å². The van der Waals surface area contributed by atoms with E-state index in [2.05, 4.69) is 33.1 Å². The number of anilines is 1. The van der Waals surface area contributed by atoms with Crippen LogP contribution in [0.25, 0.3) is 0 Å². The summed E-state index contributed by atoms with van der Waals surface area (Å²) >= 11 is 9.34. The first-order valence-corrected chi connectivity index (χ1v) is 8.54. The summed E-state index contributed by atoms with van der Waals surface area (Å²) in [7, 11) is 0. The van der Waals surface area contributed by atoms with Crippen molar-refractivity contribution < 1.29 is 14.3 Å². The van der Waals surface area contributed by atoms with E-state index < -0.39 is 5.91 Å². The lowest BCUT2D eigenvalue weighted by molar-refractivity contribution is -0.118. The molecule has 0 saturated heterocycles. The number of carbonyl (C=O) groups excluding carboxylic acids is 2. The summed E-state index contributed by atoms with van der Waals surface area (Å²) in [5.74, 6) is -0.298. The van der Waals surface area contributed by atoms with Crippen LogP contribution in [-0.4, -0.2) is 25.0 Å². The number of halogens is 2. The Balaban J connectivity index is 2.00. The Labute approximate surface area is 159 Å². The fourth-order valence-corrected chi connectivity index (χ4v) is 2.70. The van der Waals surface area contributed by atoms with Gasteiger partial charge in [-0.25, -0.2) is 0 Å². The molecule has 0 fully saturated rings. The van der Waals surface area contributed by atoms with Crippen molar-refractivity contribution in [1.82, 2.24) is 5.32 Å². The van der Waals surface area contributed by atoms with Gasteiger partial charge in [0.15, 0.2) is 6.61 Å². The second-order valence-corrected chi connectivity index (χ2v) is 6.28. The molecule has 25 heavy (non-hydrogen) atoms. The molecule has 0 bridgehead atoms. The molecular formula is C18H16BrClN2O3. The number of rotatable bonds is 7. The highest BCUT2D eigenvalue weighted by Crippen LogP contribution is 2.27. The quantitative estimate of drug-likeness (QED) is 0.661. The normalized spacial score (nSPS) is 10.0. The minimum absolute atomic E-state index is 0.232. The summed E-state index contributed by atoms with van der Waals surface area (Å²) in [5.41, 5.74) is 0.763. The first-order chi connectivity index (χ1) is 12.0. The molecule has 0 spiro atoms. The second-order valence-electron chi connectivity index (χ2n) is 4.96. The first kappa shape index (κ1) is 19.0. The Bertz CT molecular complexity index is 796. The van der Waals surface area contributed by atoms with Crippen molar-refractivity contribution in [1.29, 1.82) is 0 Å². The number of amides is 2. The number of nitrogens with one attached hydrogen (secondary N) is 2. The van der Waals surface area contributed by atoms with Crippen LogP contribution in [0.15, 0.2) is 59.6 Å². The molecule has 0 aliphatic heterocycles. The summed E-state index contributed by atoms with van der Waals surface area (Å²) in [6.07, 6.45) is 1.58. The maximum absolute atomic E-state index is 12.1. The van der Waals surface area contributed by atoms with Gasteiger partial charge in [0.1, 0.15) is 5.75 Å². The van der Waals surface area contributed by atoms with Gasteiger partial charge in [-0.15, -0.1) is 6.58 Å². The summed E-state index contributed by atoms with van der Waals surface area (Å²) in [6, 6.07) is 11.8. The first-order valence-electron chi connectivity index (χ1n) is 7.37. The zero-order valence-electron chi connectivity index (χ0n) is 13.2. The maximum Gasteiger partial charge on any atom is 0.262 e. The molecule has 7 heteroatoms. The number of benzene rings is 2. The molecule has 0 heterocycles. The Morgan fingerprint density at radius 1 is 1.24 bits per heavy atom. The summed E-state index contributed by atoms with van der Waals surface area (Å²) < 4.78 is 6.23. The van der Waals surface area contributed by atoms with Crippen molar-refractivity contribution in [2.24, 2.45) is 0 Å². The predicted molar refractivity (Wildman–Crippen MR) is 102 cm³/mol. The van der Waals surface area contributed by atoms with Crippen LogP contribution in [0.2, 0.25) is 5.02 Å². The molecule has 0 aromatic heterocycles. The Morgan fingerprint density at radius 2 is 2.00 bits per heavy atom. The SMILES string of the molecule is C=CCNC(=O)c1ccccc1NC(=O)COc1ccc(Br)cc1Cl. The fourth-order valence-electron chi connectivity index (χ4n) is 1.97. The topological polar surface area (TPSA) is 67.4 Å². The molecule has 0 aliphatic rings. The Kier molecular flexibility index (Phi) is 7.03. The van der Waals surface area contributed by atoms with Crippen LogP contribution < -0.4 is 15.4 Å². The number of para-hydroxylation sites is 1. The van der Waals surface area contributed by atoms with Gasteiger partial charge in [0.2, 0.25) is 0 Å². The van der Waals surface area contributed by atoms with Crippen molar-refractivity contribution in [3.05, 3.63) is 70.2 Å². The summed E-state index contributed by atoms with van der Waals surface area (Å²) in [6.45, 7) is 3.66. The lowest BCUT2D eigenvalue weighted by atomic mass is 10.1. The predicted octanol–water partition coefficient (Wildman–Crippen LogP) is 4.04. The van der Waals surface area contributed by atoms with Gasteiger partial charge in [0.25, 0.3) is 11.8 Å². The average Bonchev–Trinajstić information content (AvgIpc) is 2.59. The van der Waals surface area contributed by atoms with Crippen LogP contribution in [-0.2, 0) is 4.79 Å². The molecule has 2 aromatic carbocycles. The lowest BCUT2D eigenvalue weighted by Gasteiger charge is -2.12. The van der Waals surface area contributed by atoms with E-state index in [9.17, 15) is 9.59 Å². The molecule has 0 aliphatic carbocycles. The molecule has 0 radical (unpaired) electrons. The van der Waals surface area contributed by atoms with E-state index in [1.54, 1.807) is 48.5 Å². The molecule has 2 aromatic rings. The summed E-state index contributed by atoms with van der Waals surface area (Å²) in [5, 5.41) is 5.73. The number of ether oxygens (including phenoxy) is 1. The zero-order valence-corrected chi connectivity index (χ0v) is 15.6. The van der Waals surface area contributed by atoms with Crippen molar-refractivity contribution in [2.45, 2.75) is 0 Å². The van der Waals surface area contributed by atoms with Crippen LogP contribution in [0.3, 0.4) is 0 Å². The van der Waals surface area contributed by atoms with Gasteiger partial charge >= 0.3 is 0 Å². The van der Waals surface area contributed by atoms with Gasteiger partial charge in [0.05, 0.1) is 16.3 Å². The van der Waals surface area contributed by atoms with Crippen LogP contribution in [0, 0.1) is 0 Å². The number of carbonyl (C=O) groups is 2. The molecule has 2 N–H and O–H groups in total. The van der Waals surface area contributed by atoms with Gasteiger partial charge in [-0.1, -0.05) is 45.7 Å². The monoisotopic (exact) mass is 422 g/mol. The molecule has 2 amide bonds. The highest BCUT2D eigenvalue weighted by atomic mass is 79.9. The van der Waals surface area contributed by atoms with E-state index in [1.807, 2.05) is 0 Å². The van der Waals surface area contributed by atoms with Crippen molar-refractivity contribution >= 4 is 45.0 Å². The Morgan fingerprint density at radius 3 is 2.72 bits per heavy atom.